The Morgan fingerprint density at radius 1 is 1.12 bits per heavy atom. The number of nitrogens with zero attached hydrogens (tertiary/aromatic N) is 3. The number of carbonyl (C=O) groups excluding carboxylic acids is 2. The van der Waals surface area contributed by atoms with E-state index in [1.54, 1.807) is 11.0 Å². The summed E-state index contributed by atoms with van der Waals surface area (Å²) in [5.41, 5.74) is 2.77. The van der Waals surface area contributed by atoms with Crippen LogP contribution < -0.4 is 5.32 Å². The summed E-state index contributed by atoms with van der Waals surface area (Å²) in [5, 5.41) is 12.9. The highest BCUT2D eigenvalue weighted by Crippen LogP contribution is 2.24. The van der Waals surface area contributed by atoms with Crippen molar-refractivity contribution in [3.8, 4) is 6.07 Å². The van der Waals surface area contributed by atoms with Gasteiger partial charge in [0.25, 0.3) is 0 Å². The summed E-state index contributed by atoms with van der Waals surface area (Å²) in [4.78, 5) is 27.3. The summed E-state index contributed by atoms with van der Waals surface area (Å²) >= 11 is 0. The molecule has 1 unspecified atom stereocenters. The van der Waals surface area contributed by atoms with Crippen LogP contribution in [0.2, 0.25) is 0 Å². The second-order valence-corrected chi connectivity index (χ2v) is 8.02. The minimum atomic E-state index is -0.214. The number of aromatic nitrogens is 1. The SMILES string of the molecule is N#CCCn1cc(/C=C/C(=O)N2CCCC(C(=O)Nc3ccccc3)C2)c2ccccc21. The van der Waals surface area contributed by atoms with Crippen molar-refractivity contribution in [2.45, 2.75) is 25.8 Å². The number of para-hydroxylation sites is 2. The van der Waals surface area contributed by atoms with E-state index in [4.69, 9.17) is 5.26 Å². The van der Waals surface area contributed by atoms with E-state index in [1.807, 2.05) is 71.4 Å². The van der Waals surface area contributed by atoms with Crippen LogP contribution in [-0.2, 0) is 16.1 Å². The average Bonchev–Trinajstić information content (AvgIpc) is 3.19. The van der Waals surface area contributed by atoms with Crippen molar-refractivity contribution in [1.29, 1.82) is 5.26 Å². The molecule has 0 bridgehead atoms. The average molecular weight is 427 g/mol. The van der Waals surface area contributed by atoms with Crippen LogP contribution in [0.1, 0.15) is 24.8 Å². The van der Waals surface area contributed by atoms with Crippen LogP contribution in [-0.4, -0.2) is 34.4 Å². The smallest absolute Gasteiger partial charge is 0.246 e. The molecule has 0 aliphatic carbocycles. The third kappa shape index (κ3) is 4.89. The molecule has 3 aromatic rings. The Labute approximate surface area is 187 Å². The standard InChI is InChI=1S/C26H26N4O2/c27-15-7-17-29-18-20(23-11-4-5-12-24(23)29)13-14-25(31)30-16-6-8-21(19-30)26(32)28-22-9-2-1-3-10-22/h1-5,9-14,18,21H,6-8,16-17,19H2,(H,28,32)/b14-13+. The largest absolute Gasteiger partial charge is 0.346 e. The summed E-state index contributed by atoms with van der Waals surface area (Å²) in [6.07, 6.45) is 7.42. The molecule has 1 aliphatic heterocycles. The third-order valence-corrected chi connectivity index (χ3v) is 5.83. The monoisotopic (exact) mass is 426 g/mol. The van der Waals surface area contributed by atoms with Crippen molar-refractivity contribution in [3.05, 3.63) is 72.4 Å². The van der Waals surface area contributed by atoms with Gasteiger partial charge in [-0.2, -0.15) is 5.26 Å². The van der Waals surface area contributed by atoms with Gasteiger partial charge in [0.2, 0.25) is 11.8 Å². The number of amides is 2. The second kappa shape index (κ2) is 9.97. The molecular formula is C26H26N4O2. The molecule has 4 rings (SSSR count). The number of nitrogens with one attached hydrogen (secondary N) is 1. The molecule has 2 aromatic carbocycles. The van der Waals surface area contributed by atoms with E-state index >= 15 is 0 Å². The molecule has 0 radical (unpaired) electrons. The first-order valence-corrected chi connectivity index (χ1v) is 10.9. The van der Waals surface area contributed by atoms with Gasteiger partial charge in [0.1, 0.15) is 0 Å². The maximum absolute atomic E-state index is 12.9. The Bertz CT molecular complexity index is 1170. The Morgan fingerprint density at radius 3 is 2.72 bits per heavy atom. The maximum Gasteiger partial charge on any atom is 0.246 e. The molecule has 6 heteroatoms. The molecule has 32 heavy (non-hydrogen) atoms. The first-order chi connectivity index (χ1) is 15.7. The summed E-state index contributed by atoms with van der Waals surface area (Å²) in [6, 6.07) is 19.6. The molecule has 1 aromatic heterocycles. The van der Waals surface area contributed by atoms with Crippen LogP contribution in [0.4, 0.5) is 5.69 Å². The van der Waals surface area contributed by atoms with Crippen molar-refractivity contribution in [1.82, 2.24) is 9.47 Å². The summed E-state index contributed by atoms with van der Waals surface area (Å²) in [6.45, 7) is 1.69. The number of fused-ring (bicyclic) bond motifs is 1. The first kappa shape index (κ1) is 21.4. The molecule has 1 aliphatic rings. The number of likely N-dealkylation sites (tertiary alicyclic amines) is 1. The fraction of sp³-hybridized carbons (Fsp3) is 0.269. The maximum atomic E-state index is 12.9. The van der Waals surface area contributed by atoms with E-state index in [2.05, 4.69) is 11.4 Å². The minimum Gasteiger partial charge on any atom is -0.346 e. The summed E-state index contributed by atoms with van der Waals surface area (Å²) in [5.74, 6) is -0.344. The van der Waals surface area contributed by atoms with Crippen LogP contribution in [0.3, 0.4) is 0 Å². The fourth-order valence-electron chi connectivity index (χ4n) is 4.19. The lowest BCUT2D eigenvalue weighted by atomic mass is 9.97. The lowest BCUT2D eigenvalue weighted by Crippen LogP contribution is -2.43. The zero-order valence-corrected chi connectivity index (χ0v) is 17.9. The number of hydrogen-bond acceptors (Lipinski definition) is 3. The minimum absolute atomic E-state index is 0.0433. The number of anilines is 1. The molecule has 162 valence electrons. The predicted octanol–water partition coefficient (Wildman–Crippen LogP) is 4.45. The lowest BCUT2D eigenvalue weighted by molar-refractivity contribution is -0.130. The highest BCUT2D eigenvalue weighted by Gasteiger charge is 2.27. The van der Waals surface area contributed by atoms with Crippen molar-refractivity contribution in [3.63, 3.8) is 0 Å². The highest BCUT2D eigenvalue weighted by atomic mass is 16.2. The van der Waals surface area contributed by atoms with E-state index in [0.717, 1.165) is 35.0 Å². The normalized spacial score (nSPS) is 16.2. The number of rotatable bonds is 6. The molecule has 2 amide bonds. The van der Waals surface area contributed by atoms with Gasteiger partial charge in [-0.15, -0.1) is 0 Å². The van der Waals surface area contributed by atoms with E-state index in [9.17, 15) is 9.59 Å². The van der Waals surface area contributed by atoms with Crippen LogP contribution in [0.5, 0.6) is 0 Å². The summed E-state index contributed by atoms with van der Waals surface area (Å²) < 4.78 is 2.05. The highest BCUT2D eigenvalue weighted by molar-refractivity contribution is 5.97. The van der Waals surface area contributed by atoms with Crippen molar-refractivity contribution >= 4 is 34.5 Å². The van der Waals surface area contributed by atoms with Crippen molar-refractivity contribution < 1.29 is 9.59 Å². The van der Waals surface area contributed by atoms with Gasteiger partial charge in [-0.1, -0.05) is 36.4 Å². The van der Waals surface area contributed by atoms with Gasteiger partial charge in [0, 0.05) is 54.1 Å². The number of benzene rings is 2. The number of aryl methyl sites for hydroxylation is 1. The van der Waals surface area contributed by atoms with E-state index in [-0.39, 0.29) is 17.7 Å². The predicted molar refractivity (Wildman–Crippen MR) is 126 cm³/mol. The molecule has 2 heterocycles. The topological polar surface area (TPSA) is 78.1 Å². The Balaban J connectivity index is 1.43. The molecule has 0 spiro atoms. The van der Waals surface area contributed by atoms with Crippen LogP contribution in [0.25, 0.3) is 17.0 Å². The number of hydrogen-bond donors (Lipinski definition) is 1. The van der Waals surface area contributed by atoms with Gasteiger partial charge < -0.3 is 14.8 Å². The van der Waals surface area contributed by atoms with E-state index in [0.29, 0.717) is 26.1 Å². The Hall–Kier alpha value is -3.85. The van der Waals surface area contributed by atoms with E-state index < -0.39 is 0 Å². The lowest BCUT2D eigenvalue weighted by Gasteiger charge is -2.31. The second-order valence-electron chi connectivity index (χ2n) is 8.02. The summed E-state index contributed by atoms with van der Waals surface area (Å²) in [7, 11) is 0. The fourth-order valence-corrected chi connectivity index (χ4v) is 4.19. The molecule has 1 N–H and O–H groups in total. The first-order valence-electron chi connectivity index (χ1n) is 10.9. The van der Waals surface area contributed by atoms with Gasteiger partial charge in [0.15, 0.2) is 0 Å². The van der Waals surface area contributed by atoms with Crippen molar-refractivity contribution in [2.24, 2.45) is 5.92 Å². The Kier molecular flexibility index (Phi) is 6.66. The quantitative estimate of drug-likeness (QED) is 0.592. The molecule has 1 saturated heterocycles. The van der Waals surface area contributed by atoms with Gasteiger partial charge in [-0.25, -0.2) is 0 Å². The molecule has 1 atom stereocenters. The zero-order chi connectivity index (χ0) is 22.3. The van der Waals surface area contributed by atoms with Gasteiger partial charge in [0.05, 0.1) is 18.4 Å². The van der Waals surface area contributed by atoms with Gasteiger partial charge in [-0.3, -0.25) is 9.59 Å². The van der Waals surface area contributed by atoms with Gasteiger partial charge >= 0.3 is 0 Å². The van der Waals surface area contributed by atoms with Crippen LogP contribution in [0.15, 0.2) is 66.9 Å². The number of piperidine rings is 1. The van der Waals surface area contributed by atoms with Crippen LogP contribution >= 0.6 is 0 Å². The molecule has 6 nitrogen and oxygen atoms in total. The number of carbonyl (C=O) groups is 2. The Morgan fingerprint density at radius 2 is 1.91 bits per heavy atom. The van der Waals surface area contributed by atoms with Gasteiger partial charge in [-0.05, 0) is 37.1 Å². The van der Waals surface area contributed by atoms with Crippen molar-refractivity contribution in [2.75, 3.05) is 18.4 Å². The molecule has 1 fully saturated rings. The molecule has 0 saturated carbocycles. The van der Waals surface area contributed by atoms with Crippen LogP contribution in [0, 0.1) is 17.2 Å². The number of nitriles is 1. The molecular weight excluding hydrogens is 400 g/mol. The third-order valence-electron chi connectivity index (χ3n) is 5.83. The van der Waals surface area contributed by atoms with E-state index in [1.165, 1.54) is 0 Å². The zero-order valence-electron chi connectivity index (χ0n) is 17.9.